The average Bonchev–Trinajstić information content (AvgIpc) is 2.96. The molecule has 2 atom stereocenters. The maximum Gasteiger partial charge on any atom is 0.0464 e. The second kappa shape index (κ2) is 6.02. The zero-order valence-corrected chi connectivity index (χ0v) is 11.7. The molecule has 1 aliphatic carbocycles. The summed E-state index contributed by atoms with van der Waals surface area (Å²) in [5, 5.41) is 3.68. The molecule has 0 radical (unpaired) electrons. The normalized spacial score (nSPS) is 20.8. The smallest absolute Gasteiger partial charge is 0.0464 e. The van der Waals surface area contributed by atoms with Crippen LogP contribution in [0.5, 0.6) is 0 Å². The van der Waals surface area contributed by atoms with E-state index in [0.29, 0.717) is 5.41 Å². The summed E-state index contributed by atoms with van der Waals surface area (Å²) in [6.07, 6.45) is 3.93. The van der Waals surface area contributed by atoms with Crippen LogP contribution in [0.3, 0.4) is 0 Å². The van der Waals surface area contributed by atoms with Gasteiger partial charge in [-0.05, 0) is 43.1 Å². The van der Waals surface area contributed by atoms with Crippen molar-refractivity contribution >= 4 is 0 Å². The fourth-order valence-corrected chi connectivity index (χ4v) is 2.45. The molecule has 16 heavy (non-hydrogen) atoms. The van der Waals surface area contributed by atoms with E-state index in [0.717, 1.165) is 24.5 Å². The molecule has 96 valence electrons. The first-order valence-corrected chi connectivity index (χ1v) is 6.67. The monoisotopic (exact) mass is 227 g/mol. The lowest BCUT2D eigenvalue weighted by Crippen LogP contribution is -2.37. The molecule has 0 spiro atoms. The van der Waals surface area contributed by atoms with E-state index in [1.54, 1.807) is 7.11 Å². The Bertz CT molecular complexity index is 193. The van der Waals surface area contributed by atoms with E-state index >= 15 is 0 Å². The van der Waals surface area contributed by atoms with Crippen LogP contribution in [0.1, 0.15) is 47.0 Å². The molecule has 0 aromatic rings. The predicted molar refractivity (Wildman–Crippen MR) is 69.6 cm³/mol. The van der Waals surface area contributed by atoms with Crippen molar-refractivity contribution in [2.45, 2.75) is 53.0 Å². The van der Waals surface area contributed by atoms with Gasteiger partial charge in [-0.25, -0.2) is 0 Å². The summed E-state index contributed by atoms with van der Waals surface area (Å²) >= 11 is 0. The number of methoxy groups -OCH3 is 1. The summed E-state index contributed by atoms with van der Waals surface area (Å²) in [5.74, 6) is 1.47. The van der Waals surface area contributed by atoms with Crippen molar-refractivity contribution < 1.29 is 4.74 Å². The number of nitrogens with one attached hydrogen (secondary N) is 1. The number of rotatable bonds is 7. The molecule has 0 aromatic heterocycles. The van der Waals surface area contributed by atoms with E-state index in [1.807, 2.05) is 0 Å². The van der Waals surface area contributed by atoms with Crippen LogP contribution in [0.4, 0.5) is 0 Å². The molecule has 2 heteroatoms. The molecule has 0 amide bonds. The largest absolute Gasteiger partial charge is 0.385 e. The Kier molecular flexibility index (Phi) is 5.26. The van der Waals surface area contributed by atoms with Crippen LogP contribution in [-0.2, 0) is 4.74 Å². The lowest BCUT2D eigenvalue weighted by atomic mass is 9.72. The Hall–Kier alpha value is -0.0800. The highest BCUT2D eigenvalue weighted by Crippen LogP contribution is 2.34. The highest BCUT2D eigenvalue weighted by Gasteiger charge is 2.31. The molecule has 0 heterocycles. The first-order valence-electron chi connectivity index (χ1n) is 6.67. The molecule has 2 nitrogen and oxygen atoms in total. The summed E-state index contributed by atoms with van der Waals surface area (Å²) in [7, 11) is 1.79. The first-order chi connectivity index (χ1) is 7.45. The highest BCUT2D eigenvalue weighted by molar-refractivity contribution is 4.86. The summed E-state index contributed by atoms with van der Waals surface area (Å²) in [6, 6.07) is 0.819. The van der Waals surface area contributed by atoms with E-state index < -0.39 is 0 Å². The molecule has 0 bridgehead atoms. The molecule has 0 aliphatic heterocycles. The average molecular weight is 227 g/mol. The minimum atomic E-state index is 0.384. The highest BCUT2D eigenvalue weighted by atomic mass is 16.5. The second-order valence-corrected chi connectivity index (χ2v) is 6.41. The third kappa shape index (κ3) is 4.84. The summed E-state index contributed by atoms with van der Waals surface area (Å²) in [4.78, 5) is 0. The van der Waals surface area contributed by atoms with Crippen molar-refractivity contribution in [3.05, 3.63) is 0 Å². The summed E-state index contributed by atoms with van der Waals surface area (Å²) in [5.41, 5.74) is 0.384. The van der Waals surface area contributed by atoms with Crippen molar-refractivity contribution in [2.24, 2.45) is 17.3 Å². The topological polar surface area (TPSA) is 21.3 Å². The van der Waals surface area contributed by atoms with Crippen molar-refractivity contribution in [1.29, 1.82) is 0 Å². The Morgan fingerprint density at radius 2 is 1.94 bits per heavy atom. The van der Waals surface area contributed by atoms with Gasteiger partial charge >= 0.3 is 0 Å². The zero-order chi connectivity index (χ0) is 12.2. The summed E-state index contributed by atoms with van der Waals surface area (Å²) < 4.78 is 5.19. The molecule has 0 saturated heterocycles. The molecule has 0 aromatic carbocycles. The molecular formula is C14H29NO. The van der Waals surface area contributed by atoms with Gasteiger partial charge in [0.25, 0.3) is 0 Å². The minimum Gasteiger partial charge on any atom is -0.385 e. The van der Waals surface area contributed by atoms with Gasteiger partial charge in [0.1, 0.15) is 0 Å². The maximum absolute atomic E-state index is 5.19. The van der Waals surface area contributed by atoms with Gasteiger partial charge in [-0.2, -0.15) is 0 Å². The Labute approximate surface area is 101 Å². The Morgan fingerprint density at radius 3 is 2.38 bits per heavy atom. The molecule has 1 N–H and O–H groups in total. The second-order valence-electron chi connectivity index (χ2n) is 6.41. The fraction of sp³-hybridized carbons (Fsp3) is 1.00. The molecule has 1 fully saturated rings. The maximum atomic E-state index is 5.19. The van der Waals surface area contributed by atoms with Crippen molar-refractivity contribution in [1.82, 2.24) is 5.32 Å². The van der Waals surface area contributed by atoms with Crippen LogP contribution in [0.2, 0.25) is 0 Å². The zero-order valence-electron chi connectivity index (χ0n) is 11.7. The first kappa shape index (κ1) is 14.0. The number of hydrogen-bond donors (Lipinski definition) is 1. The van der Waals surface area contributed by atoms with Gasteiger partial charge < -0.3 is 10.1 Å². The molecule has 1 aliphatic rings. The van der Waals surface area contributed by atoms with Crippen molar-refractivity contribution in [3.8, 4) is 0 Å². The molecular weight excluding hydrogens is 198 g/mol. The summed E-state index contributed by atoms with van der Waals surface area (Å²) in [6.45, 7) is 11.5. The molecule has 1 rings (SSSR count). The van der Waals surface area contributed by atoms with Crippen LogP contribution < -0.4 is 5.32 Å². The van der Waals surface area contributed by atoms with E-state index in [9.17, 15) is 0 Å². The fourth-order valence-electron chi connectivity index (χ4n) is 2.45. The van der Waals surface area contributed by atoms with Gasteiger partial charge in [0.2, 0.25) is 0 Å². The van der Waals surface area contributed by atoms with Crippen LogP contribution in [-0.4, -0.2) is 26.3 Å². The lowest BCUT2D eigenvalue weighted by molar-refractivity contribution is 0.117. The SMILES string of the molecule is COCCC(C)C(CNC1CC1)C(C)(C)C. The molecule has 2 unspecified atom stereocenters. The van der Waals surface area contributed by atoms with E-state index in [4.69, 9.17) is 4.74 Å². The Balaban J connectivity index is 2.40. The van der Waals surface area contributed by atoms with Crippen molar-refractivity contribution in [2.75, 3.05) is 20.3 Å². The van der Waals surface area contributed by atoms with Gasteiger partial charge in [-0.1, -0.05) is 27.7 Å². The van der Waals surface area contributed by atoms with E-state index in [1.165, 1.54) is 25.8 Å². The third-order valence-electron chi connectivity index (χ3n) is 3.78. The van der Waals surface area contributed by atoms with Crippen LogP contribution >= 0.6 is 0 Å². The Morgan fingerprint density at radius 1 is 1.31 bits per heavy atom. The quantitative estimate of drug-likeness (QED) is 0.721. The standard InChI is InChI=1S/C14H29NO/c1-11(8-9-16-5)13(14(2,3)4)10-15-12-6-7-12/h11-13,15H,6-10H2,1-5H3. The van der Waals surface area contributed by atoms with Crippen LogP contribution in [0.25, 0.3) is 0 Å². The van der Waals surface area contributed by atoms with Gasteiger partial charge in [0.05, 0.1) is 0 Å². The van der Waals surface area contributed by atoms with E-state index in [2.05, 4.69) is 33.0 Å². The van der Waals surface area contributed by atoms with Crippen molar-refractivity contribution in [3.63, 3.8) is 0 Å². The third-order valence-corrected chi connectivity index (χ3v) is 3.78. The number of hydrogen-bond acceptors (Lipinski definition) is 2. The van der Waals surface area contributed by atoms with E-state index in [-0.39, 0.29) is 0 Å². The minimum absolute atomic E-state index is 0.384. The number of ether oxygens (including phenoxy) is 1. The van der Waals surface area contributed by atoms with Crippen LogP contribution in [0, 0.1) is 17.3 Å². The van der Waals surface area contributed by atoms with Gasteiger partial charge in [0.15, 0.2) is 0 Å². The molecule has 1 saturated carbocycles. The van der Waals surface area contributed by atoms with Gasteiger partial charge in [-0.15, -0.1) is 0 Å². The predicted octanol–water partition coefficient (Wildman–Crippen LogP) is 3.07. The lowest BCUT2D eigenvalue weighted by Gasteiger charge is -2.36. The van der Waals surface area contributed by atoms with Gasteiger partial charge in [-0.3, -0.25) is 0 Å². The van der Waals surface area contributed by atoms with Crippen LogP contribution in [0.15, 0.2) is 0 Å². The van der Waals surface area contributed by atoms with Gasteiger partial charge in [0, 0.05) is 19.8 Å².